The van der Waals surface area contributed by atoms with Crippen molar-refractivity contribution in [2.45, 2.75) is 399 Å². The molecule has 0 saturated carbocycles. The third-order valence-electron chi connectivity index (χ3n) is 16.1. The van der Waals surface area contributed by atoms with E-state index in [4.69, 9.17) is 14.2 Å². The number of ether oxygens (including phenoxy) is 3. The van der Waals surface area contributed by atoms with Crippen LogP contribution in [0.25, 0.3) is 0 Å². The number of allylic oxidation sites excluding steroid dienone is 6. The van der Waals surface area contributed by atoms with Gasteiger partial charge < -0.3 is 14.2 Å². The maximum Gasteiger partial charge on any atom is 0.306 e. The molecule has 0 N–H and O–H groups in total. The Bertz CT molecular complexity index is 1320. The Hall–Kier alpha value is -2.37. The summed E-state index contributed by atoms with van der Waals surface area (Å²) in [5.74, 6) is -0.868. The lowest BCUT2D eigenvalue weighted by molar-refractivity contribution is -0.167. The summed E-state index contributed by atoms with van der Waals surface area (Å²) in [5.41, 5.74) is 0. The Kier molecular flexibility index (Phi) is 66.1. The van der Waals surface area contributed by atoms with Gasteiger partial charge in [-0.05, 0) is 70.6 Å². The van der Waals surface area contributed by atoms with Crippen LogP contribution in [0.2, 0.25) is 0 Å². The molecule has 0 aromatic rings. The molecule has 0 rings (SSSR count). The quantitative estimate of drug-likeness (QED) is 0.0261. The molecule has 0 aromatic carbocycles. The molecule has 0 heterocycles. The molecule has 1 unspecified atom stereocenters. The van der Waals surface area contributed by atoms with Crippen LogP contribution in [-0.2, 0) is 28.6 Å². The maximum absolute atomic E-state index is 12.9. The summed E-state index contributed by atoms with van der Waals surface area (Å²) in [4.78, 5) is 38.3. The first-order valence-electron chi connectivity index (χ1n) is 35.5. The van der Waals surface area contributed by atoms with Crippen LogP contribution in [0.3, 0.4) is 0 Å². The minimum absolute atomic E-state index is 0.0740. The lowest BCUT2D eigenvalue weighted by atomic mass is 10.0. The average molecular weight is 1110 g/mol. The molecule has 1 atom stereocenters. The van der Waals surface area contributed by atoms with Crippen molar-refractivity contribution in [1.29, 1.82) is 0 Å². The zero-order chi connectivity index (χ0) is 57.1. The SMILES string of the molecule is CCCC/C=C\CCCCCCCC(=O)OCC(COC(=O)CCCCCCCCCCCCCCCCCCCCCCCCCCCCCCCCCC)OC(=O)CCCCCCCCC/C=C\C/C=C\CCCCCC. The zero-order valence-electron chi connectivity index (χ0n) is 53.4. The Balaban J connectivity index is 4.08. The van der Waals surface area contributed by atoms with E-state index in [2.05, 4.69) is 57.2 Å². The number of esters is 3. The van der Waals surface area contributed by atoms with Gasteiger partial charge in [0.1, 0.15) is 13.2 Å². The first-order valence-corrected chi connectivity index (χ1v) is 35.5. The van der Waals surface area contributed by atoms with Crippen LogP contribution >= 0.6 is 0 Å². The smallest absolute Gasteiger partial charge is 0.306 e. The second kappa shape index (κ2) is 68.1. The van der Waals surface area contributed by atoms with Crippen LogP contribution in [-0.4, -0.2) is 37.2 Å². The first-order chi connectivity index (χ1) is 39.0. The van der Waals surface area contributed by atoms with Crippen LogP contribution in [0, 0.1) is 0 Å². The van der Waals surface area contributed by atoms with Gasteiger partial charge in [-0.25, -0.2) is 0 Å². The van der Waals surface area contributed by atoms with E-state index in [0.29, 0.717) is 19.3 Å². The van der Waals surface area contributed by atoms with Gasteiger partial charge in [0.25, 0.3) is 0 Å². The first kappa shape index (κ1) is 76.6. The van der Waals surface area contributed by atoms with Crippen molar-refractivity contribution in [3.63, 3.8) is 0 Å². The van der Waals surface area contributed by atoms with Gasteiger partial charge in [0.2, 0.25) is 0 Å². The highest BCUT2D eigenvalue weighted by atomic mass is 16.6. The molecule has 0 aliphatic rings. The van der Waals surface area contributed by atoms with Crippen molar-refractivity contribution in [3.05, 3.63) is 36.5 Å². The monoisotopic (exact) mass is 1110 g/mol. The summed E-state index contributed by atoms with van der Waals surface area (Å²) in [5, 5.41) is 0. The van der Waals surface area contributed by atoms with Crippen molar-refractivity contribution >= 4 is 17.9 Å². The molecule has 79 heavy (non-hydrogen) atoms. The normalized spacial score (nSPS) is 12.2. The Morgan fingerprint density at radius 1 is 0.253 bits per heavy atom. The predicted molar refractivity (Wildman–Crippen MR) is 344 cm³/mol. The molecule has 0 fully saturated rings. The number of carbonyl (C=O) groups is 3. The van der Waals surface area contributed by atoms with E-state index < -0.39 is 6.10 Å². The maximum atomic E-state index is 12.9. The van der Waals surface area contributed by atoms with Gasteiger partial charge in [-0.3, -0.25) is 14.4 Å². The van der Waals surface area contributed by atoms with Crippen molar-refractivity contribution in [1.82, 2.24) is 0 Å². The third-order valence-corrected chi connectivity index (χ3v) is 16.1. The molecule has 0 aromatic heterocycles. The molecule has 6 heteroatoms. The molecule has 6 nitrogen and oxygen atoms in total. The Morgan fingerprint density at radius 2 is 0.468 bits per heavy atom. The van der Waals surface area contributed by atoms with Crippen LogP contribution < -0.4 is 0 Å². The molecule has 0 amide bonds. The fourth-order valence-electron chi connectivity index (χ4n) is 10.8. The predicted octanol–water partition coefficient (Wildman–Crippen LogP) is 24.3. The number of unbranched alkanes of at least 4 members (excludes halogenated alkanes) is 49. The molecule has 0 aliphatic heterocycles. The second-order valence-corrected chi connectivity index (χ2v) is 24.1. The van der Waals surface area contributed by atoms with E-state index in [-0.39, 0.29) is 31.1 Å². The van der Waals surface area contributed by atoms with Crippen LogP contribution in [0.15, 0.2) is 36.5 Å². The summed E-state index contributed by atoms with van der Waals surface area (Å²) < 4.78 is 16.9. The third kappa shape index (κ3) is 66.3. The van der Waals surface area contributed by atoms with Crippen molar-refractivity contribution in [2.75, 3.05) is 13.2 Å². The molecule has 0 radical (unpaired) electrons. The van der Waals surface area contributed by atoms with Gasteiger partial charge in [-0.15, -0.1) is 0 Å². The summed E-state index contributed by atoms with van der Waals surface area (Å²) in [6.45, 7) is 6.64. The molecule has 0 aliphatic carbocycles. The van der Waals surface area contributed by atoms with E-state index in [0.717, 1.165) is 77.0 Å². The topological polar surface area (TPSA) is 78.9 Å². The van der Waals surface area contributed by atoms with Gasteiger partial charge >= 0.3 is 17.9 Å². The van der Waals surface area contributed by atoms with E-state index in [1.54, 1.807) is 0 Å². The number of hydrogen-bond acceptors (Lipinski definition) is 6. The minimum Gasteiger partial charge on any atom is -0.462 e. The van der Waals surface area contributed by atoms with E-state index in [9.17, 15) is 14.4 Å². The molecular weight excluding hydrogens is 973 g/mol. The standard InChI is InChI=1S/C73H136O6/c1-4-7-10-13-16-19-22-24-26-28-30-31-32-33-34-35-36-37-38-39-40-41-42-43-45-46-48-51-54-57-60-63-66-72(75)78-69-70(68-77-71(74)65-62-59-56-53-50-21-18-15-12-9-6-3)79-73(76)67-64-61-58-55-52-49-47-44-29-27-25-23-20-17-14-11-8-5-2/h15,18,20,23,27,29,70H,4-14,16-17,19,21-22,24-26,28,30-69H2,1-3H3/b18-15-,23-20-,29-27-. The zero-order valence-corrected chi connectivity index (χ0v) is 53.4. The van der Waals surface area contributed by atoms with Gasteiger partial charge in [0.15, 0.2) is 6.10 Å². The van der Waals surface area contributed by atoms with Crippen LogP contribution in [0.4, 0.5) is 0 Å². The molecular formula is C73H136O6. The summed E-state index contributed by atoms with van der Waals surface area (Å²) in [6, 6.07) is 0. The summed E-state index contributed by atoms with van der Waals surface area (Å²) >= 11 is 0. The number of rotatable bonds is 66. The fourth-order valence-corrected chi connectivity index (χ4v) is 10.8. The van der Waals surface area contributed by atoms with Gasteiger partial charge in [0, 0.05) is 19.3 Å². The second-order valence-electron chi connectivity index (χ2n) is 24.1. The molecule has 464 valence electrons. The van der Waals surface area contributed by atoms with Crippen LogP contribution in [0.1, 0.15) is 393 Å². The van der Waals surface area contributed by atoms with Gasteiger partial charge in [-0.2, -0.15) is 0 Å². The lowest BCUT2D eigenvalue weighted by Crippen LogP contribution is -2.30. The lowest BCUT2D eigenvalue weighted by Gasteiger charge is -2.18. The van der Waals surface area contributed by atoms with Crippen molar-refractivity contribution in [3.8, 4) is 0 Å². The molecule has 0 bridgehead atoms. The van der Waals surface area contributed by atoms with E-state index in [1.165, 1.54) is 276 Å². The highest BCUT2D eigenvalue weighted by Crippen LogP contribution is 2.19. The van der Waals surface area contributed by atoms with E-state index in [1.807, 2.05) is 0 Å². The average Bonchev–Trinajstić information content (AvgIpc) is 3.45. The van der Waals surface area contributed by atoms with Crippen LogP contribution in [0.5, 0.6) is 0 Å². The van der Waals surface area contributed by atoms with Crippen molar-refractivity contribution < 1.29 is 28.6 Å². The van der Waals surface area contributed by atoms with Gasteiger partial charge in [-0.1, -0.05) is 340 Å². The summed E-state index contributed by atoms with van der Waals surface area (Å²) in [6.07, 6.45) is 84.8. The summed E-state index contributed by atoms with van der Waals surface area (Å²) in [7, 11) is 0. The highest BCUT2D eigenvalue weighted by molar-refractivity contribution is 5.71. The molecule has 0 saturated heterocycles. The molecule has 0 spiro atoms. The Labute approximate surface area is 493 Å². The van der Waals surface area contributed by atoms with Gasteiger partial charge in [0.05, 0.1) is 0 Å². The Morgan fingerprint density at radius 3 is 0.759 bits per heavy atom. The number of carbonyl (C=O) groups excluding carboxylic acids is 3. The number of hydrogen-bond donors (Lipinski definition) is 0. The largest absolute Gasteiger partial charge is 0.462 e. The van der Waals surface area contributed by atoms with Crippen molar-refractivity contribution in [2.24, 2.45) is 0 Å². The minimum atomic E-state index is -0.778. The van der Waals surface area contributed by atoms with E-state index >= 15 is 0 Å². The fraction of sp³-hybridized carbons (Fsp3) is 0.877. The highest BCUT2D eigenvalue weighted by Gasteiger charge is 2.19.